The van der Waals surface area contributed by atoms with Crippen molar-refractivity contribution in [3.63, 3.8) is 0 Å². The van der Waals surface area contributed by atoms with Gasteiger partial charge in [-0.15, -0.1) is 0 Å². The van der Waals surface area contributed by atoms with Gasteiger partial charge in [0.25, 0.3) is 0 Å². The van der Waals surface area contributed by atoms with E-state index in [-0.39, 0.29) is 5.92 Å². The molecule has 8 nitrogen and oxygen atoms in total. The van der Waals surface area contributed by atoms with Crippen LogP contribution in [-0.4, -0.2) is 69.8 Å². The maximum absolute atomic E-state index is 11.6. The number of ether oxygens (including phenoxy) is 2. The first-order valence-electron chi connectivity index (χ1n) is 6.06. The van der Waals surface area contributed by atoms with Gasteiger partial charge >= 0.3 is 5.97 Å². The van der Waals surface area contributed by atoms with Crippen LogP contribution in [-0.2, 0) is 14.3 Å². The number of hydrogen-bond donors (Lipinski definition) is 5. The van der Waals surface area contributed by atoms with Crippen LogP contribution in [0.5, 0.6) is 0 Å². The number of aliphatic hydroxyl groups is 4. The molecule has 1 heterocycles. The van der Waals surface area contributed by atoms with Crippen LogP contribution >= 0.6 is 0 Å². The maximum atomic E-state index is 11.6. The van der Waals surface area contributed by atoms with Crippen molar-refractivity contribution in [3.8, 4) is 0 Å². The van der Waals surface area contributed by atoms with Gasteiger partial charge in [-0.2, -0.15) is 0 Å². The Morgan fingerprint density at radius 2 is 1.84 bits per heavy atom. The fourth-order valence-corrected chi connectivity index (χ4v) is 1.63. The second-order valence-electron chi connectivity index (χ2n) is 4.90. The highest BCUT2D eigenvalue weighted by Gasteiger charge is 2.45. The third-order valence-electron chi connectivity index (χ3n) is 3.07. The van der Waals surface area contributed by atoms with Gasteiger partial charge in [-0.25, -0.2) is 0 Å². The summed E-state index contributed by atoms with van der Waals surface area (Å²) in [5.41, 5.74) is 5.58. The highest BCUT2D eigenvalue weighted by atomic mass is 16.7. The highest BCUT2D eigenvalue weighted by Crippen LogP contribution is 2.22. The minimum atomic E-state index is -1.61. The Kier molecular flexibility index (Phi) is 5.65. The van der Waals surface area contributed by atoms with Crippen LogP contribution in [0.1, 0.15) is 13.8 Å². The molecule has 112 valence electrons. The van der Waals surface area contributed by atoms with E-state index in [2.05, 4.69) is 0 Å². The molecule has 1 saturated heterocycles. The Morgan fingerprint density at radius 1 is 1.26 bits per heavy atom. The van der Waals surface area contributed by atoms with Crippen LogP contribution in [0.25, 0.3) is 0 Å². The second kappa shape index (κ2) is 6.60. The molecule has 0 aromatic carbocycles. The first kappa shape index (κ1) is 16.3. The Hall–Kier alpha value is -0.770. The molecule has 19 heavy (non-hydrogen) atoms. The molecule has 1 aliphatic rings. The summed E-state index contributed by atoms with van der Waals surface area (Å²) < 4.78 is 9.88. The molecule has 0 aromatic rings. The van der Waals surface area contributed by atoms with Gasteiger partial charge < -0.3 is 35.6 Å². The van der Waals surface area contributed by atoms with Gasteiger partial charge in [0, 0.05) is 0 Å². The fraction of sp³-hybridized carbons (Fsp3) is 0.909. The highest BCUT2D eigenvalue weighted by molar-refractivity contribution is 5.75. The number of nitrogens with two attached hydrogens (primary N) is 1. The molecule has 0 radical (unpaired) electrons. The van der Waals surface area contributed by atoms with E-state index in [4.69, 9.17) is 20.3 Å². The molecule has 1 fully saturated rings. The lowest BCUT2D eigenvalue weighted by atomic mass is 9.99. The van der Waals surface area contributed by atoms with Gasteiger partial charge in [0.1, 0.15) is 30.5 Å². The molecular formula is C11H21NO7. The van der Waals surface area contributed by atoms with Crippen molar-refractivity contribution < 1.29 is 34.7 Å². The largest absolute Gasteiger partial charge is 0.432 e. The third kappa shape index (κ3) is 3.62. The topological polar surface area (TPSA) is 142 Å². The maximum Gasteiger partial charge on any atom is 0.325 e. The van der Waals surface area contributed by atoms with Crippen LogP contribution in [0.15, 0.2) is 0 Å². The van der Waals surface area contributed by atoms with Crippen LogP contribution in [0, 0.1) is 5.92 Å². The molecule has 0 amide bonds. The summed E-state index contributed by atoms with van der Waals surface area (Å²) >= 11 is 0. The SMILES string of the molecule is CC(C)[C@H](N)C(=O)OC1O[C@H](CO)[C@@H](O)[C@H](O)[C@H]1O. The Labute approximate surface area is 110 Å². The van der Waals surface area contributed by atoms with E-state index in [0.717, 1.165) is 0 Å². The van der Waals surface area contributed by atoms with E-state index in [1.165, 1.54) is 0 Å². The summed E-state index contributed by atoms with van der Waals surface area (Å²) in [6.45, 7) is 2.85. The van der Waals surface area contributed by atoms with Crippen molar-refractivity contribution in [1.82, 2.24) is 0 Å². The summed E-state index contributed by atoms with van der Waals surface area (Å²) in [6.07, 6.45) is -7.28. The van der Waals surface area contributed by atoms with Gasteiger partial charge in [0.2, 0.25) is 6.29 Å². The number of esters is 1. The van der Waals surface area contributed by atoms with Crippen molar-refractivity contribution in [1.29, 1.82) is 0 Å². The minimum Gasteiger partial charge on any atom is -0.432 e. The predicted octanol–water partition coefficient (Wildman–Crippen LogP) is -2.69. The lowest BCUT2D eigenvalue weighted by Gasteiger charge is -2.39. The first-order chi connectivity index (χ1) is 8.79. The monoisotopic (exact) mass is 279 g/mol. The van der Waals surface area contributed by atoms with E-state index in [1.807, 2.05) is 0 Å². The molecule has 0 aliphatic carbocycles. The van der Waals surface area contributed by atoms with E-state index < -0.39 is 49.3 Å². The van der Waals surface area contributed by atoms with Crippen molar-refractivity contribution in [2.45, 2.75) is 50.6 Å². The summed E-state index contributed by atoms with van der Waals surface area (Å²) in [5.74, 6) is -0.961. The van der Waals surface area contributed by atoms with Crippen LogP contribution in [0.2, 0.25) is 0 Å². The van der Waals surface area contributed by atoms with Gasteiger partial charge in [0.15, 0.2) is 0 Å². The number of carbonyl (C=O) groups excluding carboxylic acids is 1. The lowest BCUT2D eigenvalue weighted by molar-refractivity contribution is -0.293. The lowest BCUT2D eigenvalue weighted by Crippen LogP contribution is -2.60. The molecule has 0 saturated carbocycles. The first-order valence-corrected chi connectivity index (χ1v) is 6.06. The van der Waals surface area contributed by atoms with Crippen molar-refractivity contribution in [2.75, 3.05) is 6.61 Å². The molecule has 8 heteroatoms. The smallest absolute Gasteiger partial charge is 0.325 e. The van der Waals surface area contributed by atoms with Crippen molar-refractivity contribution >= 4 is 5.97 Å². The van der Waals surface area contributed by atoms with Crippen LogP contribution < -0.4 is 5.73 Å². The summed E-state index contributed by atoms with van der Waals surface area (Å²) in [6, 6.07) is -0.896. The Morgan fingerprint density at radius 3 is 2.32 bits per heavy atom. The molecule has 6 N–H and O–H groups in total. The summed E-state index contributed by atoms with van der Waals surface area (Å²) in [7, 11) is 0. The minimum absolute atomic E-state index is 0.169. The van der Waals surface area contributed by atoms with Crippen molar-refractivity contribution in [2.24, 2.45) is 11.7 Å². The predicted molar refractivity (Wildman–Crippen MR) is 62.7 cm³/mol. The van der Waals surface area contributed by atoms with E-state index >= 15 is 0 Å². The fourth-order valence-electron chi connectivity index (χ4n) is 1.63. The van der Waals surface area contributed by atoms with Crippen LogP contribution in [0.4, 0.5) is 0 Å². The van der Waals surface area contributed by atoms with E-state index in [1.54, 1.807) is 13.8 Å². The molecule has 0 aromatic heterocycles. The van der Waals surface area contributed by atoms with E-state index in [0.29, 0.717) is 0 Å². The molecule has 0 bridgehead atoms. The Balaban J connectivity index is 2.69. The quantitative estimate of drug-likeness (QED) is 0.350. The number of carbonyl (C=O) groups is 1. The number of hydrogen-bond acceptors (Lipinski definition) is 8. The third-order valence-corrected chi connectivity index (χ3v) is 3.07. The molecule has 6 atom stereocenters. The normalized spacial score (nSPS) is 37.2. The zero-order valence-electron chi connectivity index (χ0n) is 10.8. The Bertz CT molecular complexity index is 309. The van der Waals surface area contributed by atoms with E-state index in [9.17, 15) is 20.1 Å². The number of aliphatic hydroxyl groups excluding tert-OH is 4. The number of rotatable bonds is 4. The van der Waals surface area contributed by atoms with Gasteiger partial charge in [-0.05, 0) is 5.92 Å². The van der Waals surface area contributed by atoms with Gasteiger partial charge in [-0.1, -0.05) is 13.8 Å². The van der Waals surface area contributed by atoms with Crippen molar-refractivity contribution in [3.05, 3.63) is 0 Å². The zero-order valence-corrected chi connectivity index (χ0v) is 10.8. The molecule has 0 spiro atoms. The average molecular weight is 279 g/mol. The molecule has 1 aliphatic heterocycles. The molecular weight excluding hydrogens is 258 g/mol. The van der Waals surface area contributed by atoms with Crippen LogP contribution in [0.3, 0.4) is 0 Å². The molecule has 1 unspecified atom stereocenters. The van der Waals surface area contributed by atoms with Gasteiger partial charge in [0.05, 0.1) is 6.61 Å². The van der Waals surface area contributed by atoms with Gasteiger partial charge in [-0.3, -0.25) is 4.79 Å². The standard InChI is InChI=1S/C11H21NO7/c1-4(2)6(12)10(17)19-11-9(16)8(15)7(14)5(3-13)18-11/h4-9,11,13-16H,3,12H2,1-2H3/t5-,6+,7-,8+,9-,11?/m1/s1. The summed E-state index contributed by atoms with van der Waals surface area (Å²) in [5, 5.41) is 37.7. The average Bonchev–Trinajstić information content (AvgIpc) is 2.38. The summed E-state index contributed by atoms with van der Waals surface area (Å²) in [4.78, 5) is 11.6. The zero-order chi connectivity index (χ0) is 14.7. The molecule has 1 rings (SSSR count). The second-order valence-corrected chi connectivity index (χ2v) is 4.90.